The fraction of sp³-hybridized carbons (Fsp3) is 0.600. The zero-order valence-corrected chi connectivity index (χ0v) is 15.8. The number of nitrogens with zero attached hydrogens (tertiary/aromatic N) is 1. The predicted octanol–water partition coefficient (Wildman–Crippen LogP) is 4.60. The number of likely N-dealkylation sites (tertiary alicyclic amines) is 1. The third-order valence-electron chi connectivity index (χ3n) is 6.41. The molecule has 4 rings (SSSR count). The lowest BCUT2D eigenvalue weighted by molar-refractivity contribution is -0.00642. The van der Waals surface area contributed by atoms with Gasteiger partial charge in [-0.05, 0) is 68.3 Å². The van der Waals surface area contributed by atoms with Crippen LogP contribution in [0, 0.1) is 5.92 Å². The summed E-state index contributed by atoms with van der Waals surface area (Å²) in [6.07, 6.45) is 7.78. The average molecular weight is 378 g/mol. The molecule has 1 heterocycles. The van der Waals surface area contributed by atoms with E-state index < -0.39 is 0 Å². The molecule has 2 bridgehead atoms. The average Bonchev–Trinajstić information content (AvgIpc) is 2.50. The standard InChI is InChI=1S/C20H27NO.BrH/c1-14(2)13-21-10-9-20-8-4-3-5-17(20)19(21)11-15-6-7-16(22)12-18(15)20;/h6-7,12,17,19,22H,1,3-5,8-11,13H2,2H3;1H/t17-,19+,20+;/m0./s1. The Balaban J connectivity index is 0.00000156. The van der Waals surface area contributed by atoms with Crippen molar-refractivity contribution in [1.82, 2.24) is 4.90 Å². The second-order valence-electron chi connectivity index (χ2n) is 7.80. The molecule has 0 radical (unpaired) electrons. The maximum atomic E-state index is 10.0. The molecule has 2 fully saturated rings. The third kappa shape index (κ3) is 2.66. The van der Waals surface area contributed by atoms with Gasteiger partial charge in [-0.2, -0.15) is 0 Å². The number of aromatic hydroxyl groups is 1. The minimum Gasteiger partial charge on any atom is -0.508 e. The number of piperidine rings is 1. The van der Waals surface area contributed by atoms with Crippen LogP contribution in [0.15, 0.2) is 30.4 Å². The van der Waals surface area contributed by atoms with Crippen molar-refractivity contribution in [3.63, 3.8) is 0 Å². The highest BCUT2D eigenvalue weighted by molar-refractivity contribution is 8.93. The van der Waals surface area contributed by atoms with Crippen LogP contribution in [0.4, 0.5) is 0 Å². The van der Waals surface area contributed by atoms with Crippen LogP contribution in [0.25, 0.3) is 0 Å². The fourth-order valence-corrected chi connectivity index (χ4v) is 5.62. The van der Waals surface area contributed by atoms with E-state index in [9.17, 15) is 5.11 Å². The number of hydrogen-bond acceptors (Lipinski definition) is 2. The van der Waals surface area contributed by atoms with Gasteiger partial charge in [0.15, 0.2) is 0 Å². The van der Waals surface area contributed by atoms with Gasteiger partial charge in [0.05, 0.1) is 0 Å². The van der Waals surface area contributed by atoms with Gasteiger partial charge in [-0.3, -0.25) is 4.90 Å². The third-order valence-corrected chi connectivity index (χ3v) is 6.41. The summed E-state index contributed by atoms with van der Waals surface area (Å²) >= 11 is 0. The zero-order chi connectivity index (χ0) is 15.3. The smallest absolute Gasteiger partial charge is 0.115 e. The number of benzene rings is 1. The highest BCUT2D eigenvalue weighted by Gasteiger charge is 2.53. The summed E-state index contributed by atoms with van der Waals surface area (Å²) in [6, 6.07) is 6.80. The Morgan fingerprint density at radius 1 is 1.35 bits per heavy atom. The summed E-state index contributed by atoms with van der Waals surface area (Å²) in [5, 5.41) is 10.0. The van der Waals surface area contributed by atoms with Crippen molar-refractivity contribution < 1.29 is 5.11 Å². The molecule has 0 aromatic heterocycles. The molecule has 1 aromatic carbocycles. The van der Waals surface area contributed by atoms with Gasteiger partial charge in [0.2, 0.25) is 0 Å². The molecule has 0 unspecified atom stereocenters. The lowest BCUT2D eigenvalue weighted by Crippen LogP contribution is -2.61. The number of rotatable bonds is 2. The Morgan fingerprint density at radius 3 is 2.96 bits per heavy atom. The molecule has 3 heteroatoms. The predicted molar refractivity (Wildman–Crippen MR) is 101 cm³/mol. The molecule has 1 aliphatic heterocycles. The van der Waals surface area contributed by atoms with Gasteiger partial charge in [-0.25, -0.2) is 0 Å². The molecule has 0 amide bonds. The number of hydrogen-bond donors (Lipinski definition) is 1. The summed E-state index contributed by atoms with van der Waals surface area (Å²) < 4.78 is 0. The van der Waals surface area contributed by atoms with Crippen LogP contribution in [0.2, 0.25) is 0 Å². The Hall–Kier alpha value is -0.800. The Bertz CT molecular complexity index is 614. The molecular weight excluding hydrogens is 350 g/mol. The molecule has 23 heavy (non-hydrogen) atoms. The Labute approximate surface area is 150 Å². The quantitative estimate of drug-likeness (QED) is 0.760. The van der Waals surface area contributed by atoms with E-state index >= 15 is 0 Å². The maximum absolute atomic E-state index is 10.0. The molecule has 2 nitrogen and oxygen atoms in total. The van der Waals surface area contributed by atoms with E-state index in [1.165, 1.54) is 55.3 Å². The minimum atomic E-state index is 0. The van der Waals surface area contributed by atoms with Crippen molar-refractivity contribution in [2.75, 3.05) is 13.1 Å². The van der Waals surface area contributed by atoms with Crippen LogP contribution in [0.1, 0.15) is 50.2 Å². The van der Waals surface area contributed by atoms with Crippen molar-refractivity contribution in [3.05, 3.63) is 41.5 Å². The van der Waals surface area contributed by atoms with Crippen molar-refractivity contribution in [2.24, 2.45) is 5.92 Å². The normalized spacial score (nSPS) is 32.4. The van der Waals surface area contributed by atoms with E-state index in [1.807, 2.05) is 6.07 Å². The highest BCUT2D eigenvalue weighted by atomic mass is 79.9. The Kier molecular flexibility index (Phi) is 4.63. The Morgan fingerprint density at radius 2 is 2.17 bits per heavy atom. The van der Waals surface area contributed by atoms with E-state index in [-0.39, 0.29) is 17.0 Å². The number of phenolic OH excluding ortho intramolecular Hbond substituents is 1. The van der Waals surface area contributed by atoms with Crippen molar-refractivity contribution >= 4 is 17.0 Å². The van der Waals surface area contributed by atoms with Gasteiger partial charge in [-0.1, -0.05) is 31.1 Å². The van der Waals surface area contributed by atoms with Gasteiger partial charge >= 0.3 is 0 Å². The number of phenols is 1. The van der Waals surface area contributed by atoms with Gasteiger partial charge < -0.3 is 5.11 Å². The summed E-state index contributed by atoms with van der Waals surface area (Å²) in [5.41, 5.74) is 4.57. The second-order valence-corrected chi connectivity index (χ2v) is 7.80. The van der Waals surface area contributed by atoms with Gasteiger partial charge in [0, 0.05) is 18.0 Å². The first kappa shape index (κ1) is 17.0. The van der Waals surface area contributed by atoms with Gasteiger partial charge in [0.1, 0.15) is 5.75 Å². The fourth-order valence-electron chi connectivity index (χ4n) is 5.62. The molecule has 126 valence electrons. The maximum Gasteiger partial charge on any atom is 0.115 e. The minimum absolute atomic E-state index is 0. The largest absolute Gasteiger partial charge is 0.508 e. The van der Waals surface area contributed by atoms with Crippen LogP contribution in [0.5, 0.6) is 5.75 Å². The van der Waals surface area contributed by atoms with E-state index in [1.54, 1.807) is 0 Å². The SMILES string of the molecule is Br.C=C(C)CN1CC[C@]23CCCC[C@H]2[C@H]1Cc1ccc(O)cc13. The topological polar surface area (TPSA) is 23.5 Å². The van der Waals surface area contributed by atoms with Gasteiger partial charge in [0.25, 0.3) is 0 Å². The second kappa shape index (κ2) is 6.25. The molecule has 3 aliphatic rings. The molecule has 2 aliphatic carbocycles. The van der Waals surface area contributed by atoms with Crippen molar-refractivity contribution in [1.29, 1.82) is 0 Å². The van der Waals surface area contributed by atoms with Crippen LogP contribution in [-0.2, 0) is 11.8 Å². The molecule has 3 atom stereocenters. The molecule has 1 aromatic rings. The lowest BCUT2D eigenvalue weighted by Gasteiger charge is -2.59. The first-order chi connectivity index (χ1) is 10.6. The van der Waals surface area contributed by atoms with E-state index in [0.29, 0.717) is 17.2 Å². The van der Waals surface area contributed by atoms with Crippen LogP contribution in [-0.4, -0.2) is 29.1 Å². The monoisotopic (exact) mass is 377 g/mol. The molecule has 1 saturated carbocycles. The number of fused-ring (bicyclic) bond motifs is 1. The first-order valence-corrected chi connectivity index (χ1v) is 8.81. The lowest BCUT2D eigenvalue weighted by atomic mass is 9.52. The van der Waals surface area contributed by atoms with Crippen molar-refractivity contribution in [3.8, 4) is 5.75 Å². The summed E-state index contributed by atoms with van der Waals surface area (Å²) in [6.45, 7) is 8.52. The van der Waals surface area contributed by atoms with E-state index in [4.69, 9.17) is 0 Å². The highest BCUT2D eigenvalue weighted by Crippen LogP contribution is 2.56. The summed E-state index contributed by atoms with van der Waals surface area (Å²) in [5.74, 6) is 1.21. The van der Waals surface area contributed by atoms with E-state index in [0.717, 1.165) is 18.9 Å². The first-order valence-electron chi connectivity index (χ1n) is 8.81. The molecule has 1 N–H and O–H groups in total. The summed E-state index contributed by atoms with van der Waals surface area (Å²) in [4.78, 5) is 2.69. The van der Waals surface area contributed by atoms with Gasteiger partial charge in [-0.15, -0.1) is 17.0 Å². The van der Waals surface area contributed by atoms with E-state index in [2.05, 4.69) is 30.5 Å². The van der Waals surface area contributed by atoms with Crippen LogP contribution in [0.3, 0.4) is 0 Å². The zero-order valence-electron chi connectivity index (χ0n) is 14.1. The summed E-state index contributed by atoms with van der Waals surface area (Å²) in [7, 11) is 0. The van der Waals surface area contributed by atoms with Crippen LogP contribution < -0.4 is 0 Å². The molecular formula is C20H28BrNO. The number of halogens is 1. The van der Waals surface area contributed by atoms with Crippen LogP contribution >= 0.6 is 17.0 Å². The van der Waals surface area contributed by atoms with Crippen molar-refractivity contribution in [2.45, 2.75) is 56.9 Å². The molecule has 0 spiro atoms. The molecule has 1 saturated heterocycles.